The second-order valence-corrected chi connectivity index (χ2v) is 7.84. The highest BCUT2D eigenvalue weighted by atomic mass is 35.5. The molecule has 0 heterocycles. The zero-order chi connectivity index (χ0) is 18.8. The smallest absolute Gasteiger partial charge is 0.220 e. The van der Waals surface area contributed by atoms with Gasteiger partial charge in [0.25, 0.3) is 0 Å². The summed E-state index contributed by atoms with van der Waals surface area (Å²) >= 11 is 0. The highest BCUT2D eigenvalue weighted by Gasteiger charge is 2.30. The predicted molar refractivity (Wildman–Crippen MR) is 109 cm³/mol. The molecule has 0 aliphatic rings. The van der Waals surface area contributed by atoms with Crippen LogP contribution in [-0.2, 0) is 0 Å². The number of rotatable bonds is 19. The summed E-state index contributed by atoms with van der Waals surface area (Å²) in [5.41, 5.74) is 0. The van der Waals surface area contributed by atoms with E-state index in [9.17, 15) is 10.3 Å². The molecular weight excluding hydrogens is 346 g/mol. The molecule has 0 aromatic carbocycles. The minimum Gasteiger partial charge on any atom is -1.00 e. The fourth-order valence-electron chi connectivity index (χ4n) is 3.58. The van der Waals surface area contributed by atoms with Gasteiger partial charge in [0, 0.05) is 6.42 Å². The third-order valence-corrected chi connectivity index (χ3v) is 5.72. The van der Waals surface area contributed by atoms with E-state index in [1.165, 1.54) is 89.9 Å². The van der Waals surface area contributed by atoms with Crippen LogP contribution in [-0.4, -0.2) is 34.3 Å². The number of quaternary nitrogens is 1. The Morgan fingerprint density at radius 3 is 1.19 bits per heavy atom. The van der Waals surface area contributed by atoms with Crippen molar-refractivity contribution in [1.29, 1.82) is 0 Å². The molecule has 0 aliphatic heterocycles. The second-order valence-electron chi connectivity index (χ2n) is 7.84. The maximum atomic E-state index is 10.2. The van der Waals surface area contributed by atoms with Gasteiger partial charge in [0.1, 0.15) is 13.1 Å². The number of hydrogen-bond acceptors (Lipinski definition) is 2. The zero-order valence-electron chi connectivity index (χ0n) is 18.0. The standard InChI is InChI=1S/C22H48NO2.ClH/c1-4-7-8-9-10-11-12-13-14-15-16-17-18-19-20-21-22(24)23(25,5-2)6-3;/h22,24-25H,4-21H2,1-3H3;1H/q+1;/p-1. The van der Waals surface area contributed by atoms with E-state index in [0.717, 1.165) is 12.8 Å². The number of aliphatic hydroxyl groups excluding tert-OH is 1. The molecule has 26 heavy (non-hydrogen) atoms. The summed E-state index contributed by atoms with van der Waals surface area (Å²) in [4.78, 5) is 0. The van der Waals surface area contributed by atoms with E-state index in [2.05, 4.69) is 6.92 Å². The zero-order valence-corrected chi connectivity index (χ0v) is 18.8. The Hall–Kier alpha value is 0.170. The molecule has 0 saturated carbocycles. The van der Waals surface area contributed by atoms with Crippen LogP contribution in [0.1, 0.15) is 124 Å². The van der Waals surface area contributed by atoms with Crippen molar-refractivity contribution in [2.45, 2.75) is 130 Å². The summed E-state index contributed by atoms with van der Waals surface area (Å²) in [7, 11) is 0. The number of nitrogens with zero attached hydrogens (tertiary/aromatic N) is 1. The Morgan fingerprint density at radius 1 is 0.577 bits per heavy atom. The molecule has 0 aromatic heterocycles. The highest BCUT2D eigenvalue weighted by molar-refractivity contribution is 4.51. The van der Waals surface area contributed by atoms with Crippen LogP contribution in [0.15, 0.2) is 0 Å². The van der Waals surface area contributed by atoms with Gasteiger partial charge >= 0.3 is 0 Å². The fourth-order valence-corrected chi connectivity index (χ4v) is 3.58. The van der Waals surface area contributed by atoms with E-state index >= 15 is 0 Å². The van der Waals surface area contributed by atoms with Crippen LogP contribution in [0, 0.1) is 0 Å². The third kappa shape index (κ3) is 15.2. The second kappa shape index (κ2) is 19.9. The number of hydroxylamine groups is 3. The summed E-state index contributed by atoms with van der Waals surface area (Å²) in [6.07, 6.45) is 20.4. The van der Waals surface area contributed by atoms with Crippen molar-refractivity contribution in [2.24, 2.45) is 0 Å². The Labute approximate surface area is 170 Å². The van der Waals surface area contributed by atoms with E-state index in [1.54, 1.807) is 0 Å². The van der Waals surface area contributed by atoms with E-state index in [0.29, 0.717) is 13.1 Å². The average molecular weight is 394 g/mol. The largest absolute Gasteiger partial charge is 1.00 e. The molecule has 0 amide bonds. The molecule has 0 fully saturated rings. The van der Waals surface area contributed by atoms with Gasteiger partial charge in [0.15, 0.2) is 0 Å². The molecule has 4 heteroatoms. The minimum absolute atomic E-state index is 0. The fraction of sp³-hybridized carbons (Fsp3) is 1.00. The number of aliphatic hydroxyl groups is 1. The summed E-state index contributed by atoms with van der Waals surface area (Å²) in [5.74, 6) is 0. The number of unbranched alkanes of at least 4 members (excludes halogenated alkanes) is 14. The Bertz CT molecular complexity index is 273. The van der Waals surface area contributed by atoms with Gasteiger partial charge in [-0.25, -0.2) is 5.21 Å². The Kier molecular flexibility index (Phi) is 21.7. The summed E-state index contributed by atoms with van der Waals surface area (Å²) in [6.45, 7) is 7.30. The summed E-state index contributed by atoms with van der Waals surface area (Å²) in [5, 5.41) is 20.3. The maximum Gasteiger partial charge on any atom is 0.220 e. The van der Waals surface area contributed by atoms with Gasteiger partial charge in [-0.2, -0.15) is 4.65 Å². The molecule has 0 aromatic rings. The molecule has 0 rings (SSSR count). The minimum atomic E-state index is -0.614. The monoisotopic (exact) mass is 393 g/mol. The van der Waals surface area contributed by atoms with Gasteiger partial charge < -0.3 is 17.5 Å². The first-order valence-electron chi connectivity index (χ1n) is 11.4. The molecule has 160 valence electrons. The highest BCUT2D eigenvalue weighted by Crippen LogP contribution is 2.16. The SMILES string of the molecule is CCCCCCCCCCCCCCCCCC(O)[N+](O)(CC)CC.[Cl-]. The lowest BCUT2D eigenvalue weighted by atomic mass is 10.0. The predicted octanol–water partition coefficient (Wildman–Crippen LogP) is 3.82. The molecule has 0 saturated heterocycles. The van der Waals surface area contributed by atoms with Crippen LogP contribution < -0.4 is 12.4 Å². The molecule has 3 nitrogen and oxygen atoms in total. The lowest BCUT2D eigenvalue weighted by Crippen LogP contribution is -3.00. The molecule has 0 radical (unpaired) electrons. The van der Waals surface area contributed by atoms with Crippen LogP contribution >= 0.6 is 0 Å². The number of hydrogen-bond donors (Lipinski definition) is 2. The van der Waals surface area contributed by atoms with Crippen LogP contribution in [0.2, 0.25) is 0 Å². The summed E-state index contributed by atoms with van der Waals surface area (Å²) < 4.78 is -0.196. The van der Waals surface area contributed by atoms with Crippen molar-refractivity contribution in [3.05, 3.63) is 0 Å². The van der Waals surface area contributed by atoms with Crippen LogP contribution in [0.3, 0.4) is 0 Å². The van der Waals surface area contributed by atoms with Crippen molar-refractivity contribution in [3.63, 3.8) is 0 Å². The first-order valence-corrected chi connectivity index (χ1v) is 11.4. The van der Waals surface area contributed by atoms with Crippen molar-refractivity contribution >= 4 is 0 Å². The third-order valence-electron chi connectivity index (χ3n) is 5.72. The van der Waals surface area contributed by atoms with Crippen molar-refractivity contribution in [1.82, 2.24) is 0 Å². The quantitative estimate of drug-likeness (QED) is 0.151. The van der Waals surface area contributed by atoms with Crippen molar-refractivity contribution in [3.8, 4) is 0 Å². The molecule has 0 bridgehead atoms. The van der Waals surface area contributed by atoms with E-state index in [4.69, 9.17) is 0 Å². The van der Waals surface area contributed by atoms with E-state index < -0.39 is 6.23 Å². The van der Waals surface area contributed by atoms with Gasteiger partial charge in [0.2, 0.25) is 6.23 Å². The molecule has 1 atom stereocenters. The molecule has 0 aliphatic carbocycles. The Morgan fingerprint density at radius 2 is 0.885 bits per heavy atom. The van der Waals surface area contributed by atoms with Gasteiger partial charge in [-0.3, -0.25) is 0 Å². The first kappa shape index (κ1) is 28.4. The molecule has 2 N–H and O–H groups in total. The molecular formula is C22H48ClNO2. The van der Waals surface area contributed by atoms with Crippen LogP contribution in [0.4, 0.5) is 0 Å². The maximum absolute atomic E-state index is 10.2. The van der Waals surface area contributed by atoms with Crippen LogP contribution in [0.5, 0.6) is 0 Å². The van der Waals surface area contributed by atoms with E-state index in [1.807, 2.05) is 13.8 Å². The topological polar surface area (TPSA) is 40.5 Å². The van der Waals surface area contributed by atoms with Crippen molar-refractivity contribution < 1.29 is 27.4 Å². The van der Waals surface area contributed by atoms with Gasteiger partial charge in [-0.05, 0) is 20.3 Å². The van der Waals surface area contributed by atoms with Gasteiger partial charge in [0.05, 0.1) is 0 Å². The van der Waals surface area contributed by atoms with Gasteiger partial charge in [-0.15, -0.1) is 0 Å². The molecule has 1 unspecified atom stereocenters. The lowest BCUT2D eigenvalue weighted by molar-refractivity contribution is -1.13. The molecule has 0 spiro atoms. The normalized spacial score (nSPS) is 12.8. The van der Waals surface area contributed by atoms with Crippen LogP contribution in [0.25, 0.3) is 0 Å². The average Bonchev–Trinajstić information content (AvgIpc) is 2.63. The Balaban J connectivity index is 0. The van der Waals surface area contributed by atoms with E-state index in [-0.39, 0.29) is 17.1 Å². The summed E-state index contributed by atoms with van der Waals surface area (Å²) in [6, 6.07) is 0. The van der Waals surface area contributed by atoms with Gasteiger partial charge in [-0.1, -0.05) is 96.8 Å². The number of halogens is 1. The first-order chi connectivity index (χ1) is 12.1. The van der Waals surface area contributed by atoms with Crippen molar-refractivity contribution in [2.75, 3.05) is 13.1 Å². The lowest BCUT2D eigenvalue weighted by Gasteiger charge is -2.32.